The molecule has 0 bridgehead atoms. The van der Waals surface area contributed by atoms with Crippen molar-refractivity contribution in [3.8, 4) is 0 Å². The molecule has 27 heavy (non-hydrogen) atoms. The average molecular weight is 369 g/mol. The zero-order valence-electron chi connectivity index (χ0n) is 16.8. The number of rotatable bonds is 11. The minimum Gasteiger partial charge on any atom is -0.464 e. The summed E-state index contributed by atoms with van der Waals surface area (Å²) in [6.45, 7) is 10.5. The summed E-state index contributed by atoms with van der Waals surface area (Å²) in [4.78, 5) is 17.5. The van der Waals surface area contributed by atoms with E-state index in [0.29, 0.717) is 6.61 Å². The first-order chi connectivity index (χ1) is 13.2. The van der Waals surface area contributed by atoms with Crippen LogP contribution in [0.3, 0.4) is 0 Å². The fourth-order valence-electron chi connectivity index (χ4n) is 3.33. The van der Waals surface area contributed by atoms with Gasteiger partial charge in [0.25, 0.3) is 0 Å². The maximum atomic E-state index is 12.9. The summed E-state index contributed by atoms with van der Waals surface area (Å²) in [5.74, 6) is -0.199. The van der Waals surface area contributed by atoms with Crippen LogP contribution in [0.1, 0.15) is 38.8 Å². The molecule has 0 amide bonds. The van der Waals surface area contributed by atoms with Gasteiger partial charge in [0.1, 0.15) is 0 Å². The Hall–Kier alpha value is -2.33. The molecular weight excluding hydrogens is 336 g/mol. The van der Waals surface area contributed by atoms with E-state index in [-0.39, 0.29) is 5.97 Å². The number of para-hydroxylation sites is 1. The van der Waals surface area contributed by atoms with Crippen molar-refractivity contribution in [2.75, 3.05) is 37.7 Å². The lowest BCUT2D eigenvalue weighted by Crippen LogP contribution is -2.37. The van der Waals surface area contributed by atoms with Crippen molar-refractivity contribution in [3.63, 3.8) is 0 Å². The number of ether oxygens (including phenoxy) is 1. The van der Waals surface area contributed by atoms with Crippen molar-refractivity contribution in [2.45, 2.75) is 33.2 Å². The molecule has 0 radical (unpaired) electrons. The second-order valence-corrected chi connectivity index (χ2v) is 6.47. The fraction of sp³-hybridized carbons (Fsp3) is 0.435. The Bertz CT molecular complexity index is 657. The van der Waals surface area contributed by atoms with Gasteiger partial charge in [-0.1, -0.05) is 62.4 Å². The van der Waals surface area contributed by atoms with E-state index in [1.807, 2.05) is 55.5 Å². The third-order valence-electron chi connectivity index (χ3n) is 4.79. The molecule has 0 fully saturated rings. The molecule has 0 aliphatic carbocycles. The third-order valence-corrected chi connectivity index (χ3v) is 4.79. The summed E-state index contributed by atoms with van der Waals surface area (Å²) in [6.07, 6.45) is 0.985. The molecule has 0 spiro atoms. The molecule has 2 rings (SSSR count). The lowest BCUT2D eigenvalue weighted by atomic mass is 10.0. The number of anilines is 1. The number of hydrogen-bond donors (Lipinski definition) is 0. The highest BCUT2D eigenvalue weighted by atomic mass is 16.5. The zero-order chi connectivity index (χ0) is 19.5. The molecule has 1 atom stereocenters. The largest absolute Gasteiger partial charge is 0.464 e. The highest BCUT2D eigenvalue weighted by molar-refractivity contribution is 5.82. The summed E-state index contributed by atoms with van der Waals surface area (Å²) in [7, 11) is 0. The van der Waals surface area contributed by atoms with Crippen LogP contribution in [0.15, 0.2) is 60.7 Å². The number of benzene rings is 2. The van der Waals surface area contributed by atoms with Crippen LogP contribution in [0.2, 0.25) is 0 Å². The summed E-state index contributed by atoms with van der Waals surface area (Å²) < 4.78 is 5.44. The van der Waals surface area contributed by atoms with Gasteiger partial charge in [-0.25, -0.2) is 4.79 Å². The molecule has 0 N–H and O–H groups in total. The minimum atomic E-state index is -0.440. The molecule has 0 saturated heterocycles. The Labute approximate surface area is 163 Å². The standard InChI is InChI=1S/C23H32N2O2/c1-4-24(5-2)18-13-19-25(21-16-11-8-12-17-21)22(23(26)27-6-3)20-14-9-7-10-15-20/h7-12,14-17,22H,4-6,13,18-19H2,1-3H3/t22-/m0/s1. The van der Waals surface area contributed by atoms with Crippen LogP contribution in [-0.2, 0) is 9.53 Å². The van der Waals surface area contributed by atoms with Gasteiger partial charge in [-0.15, -0.1) is 0 Å². The molecule has 0 aliphatic heterocycles. The van der Waals surface area contributed by atoms with Crippen LogP contribution in [0, 0.1) is 0 Å². The minimum absolute atomic E-state index is 0.199. The van der Waals surface area contributed by atoms with E-state index in [9.17, 15) is 4.79 Å². The van der Waals surface area contributed by atoms with E-state index in [2.05, 4.69) is 35.8 Å². The van der Waals surface area contributed by atoms with Gasteiger partial charge >= 0.3 is 5.97 Å². The van der Waals surface area contributed by atoms with Crippen LogP contribution in [0.4, 0.5) is 5.69 Å². The van der Waals surface area contributed by atoms with E-state index in [4.69, 9.17) is 4.74 Å². The van der Waals surface area contributed by atoms with Gasteiger partial charge < -0.3 is 14.5 Å². The van der Waals surface area contributed by atoms with Crippen molar-refractivity contribution < 1.29 is 9.53 Å². The van der Waals surface area contributed by atoms with E-state index in [1.165, 1.54) is 0 Å². The maximum Gasteiger partial charge on any atom is 0.333 e. The molecule has 0 aromatic heterocycles. The molecule has 4 heteroatoms. The van der Waals surface area contributed by atoms with Crippen LogP contribution >= 0.6 is 0 Å². The van der Waals surface area contributed by atoms with Crippen LogP contribution in [0.5, 0.6) is 0 Å². The van der Waals surface area contributed by atoms with Crippen LogP contribution in [-0.4, -0.2) is 43.7 Å². The van der Waals surface area contributed by atoms with E-state index >= 15 is 0 Å². The number of carbonyl (C=O) groups excluding carboxylic acids is 1. The van der Waals surface area contributed by atoms with Gasteiger partial charge in [-0.05, 0) is 50.7 Å². The number of hydrogen-bond acceptors (Lipinski definition) is 4. The smallest absolute Gasteiger partial charge is 0.333 e. The number of nitrogens with zero attached hydrogens (tertiary/aromatic N) is 2. The summed E-state index contributed by atoms with van der Waals surface area (Å²) >= 11 is 0. The highest BCUT2D eigenvalue weighted by Crippen LogP contribution is 2.28. The summed E-state index contributed by atoms with van der Waals surface area (Å²) in [5, 5.41) is 0. The van der Waals surface area contributed by atoms with Gasteiger partial charge in [0.15, 0.2) is 6.04 Å². The van der Waals surface area contributed by atoms with Gasteiger partial charge in [0, 0.05) is 12.2 Å². The second kappa shape index (κ2) is 11.4. The molecule has 0 aliphatic rings. The molecule has 4 nitrogen and oxygen atoms in total. The van der Waals surface area contributed by atoms with Crippen LogP contribution < -0.4 is 4.90 Å². The quantitative estimate of drug-likeness (QED) is 0.546. The topological polar surface area (TPSA) is 32.8 Å². The van der Waals surface area contributed by atoms with Crippen LogP contribution in [0.25, 0.3) is 0 Å². The Morgan fingerprint density at radius 3 is 2.04 bits per heavy atom. The number of carbonyl (C=O) groups is 1. The van der Waals surface area contributed by atoms with Crippen molar-refractivity contribution in [3.05, 3.63) is 66.2 Å². The Morgan fingerprint density at radius 2 is 1.48 bits per heavy atom. The Balaban J connectivity index is 2.30. The van der Waals surface area contributed by atoms with Gasteiger partial charge in [0.05, 0.1) is 6.61 Å². The molecule has 2 aromatic carbocycles. The van der Waals surface area contributed by atoms with E-state index in [1.54, 1.807) is 0 Å². The lowest BCUT2D eigenvalue weighted by molar-refractivity contribution is -0.145. The molecule has 0 saturated carbocycles. The molecule has 0 heterocycles. The Morgan fingerprint density at radius 1 is 0.889 bits per heavy atom. The van der Waals surface area contributed by atoms with Crippen molar-refractivity contribution in [1.29, 1.82) is 0 Å². The van der Waals surface area contributed by atoms with E-state index < -0.39 is 6.04 Å². The van der Waals surface area contributed by atoms with Crippen molar-refractivity contribution >= 4 is 11.7 Å². The predicted octanol–water partition coefficient (Wildman–Crippen LogP) is 4.53. The average Bonchev–Trinajstić information content (AvgIpc) is 2.72. The molecule has 2 aromatic rings. The Kier molecular flexibility index (Phi) is 8.85. The lowest BCUT2D eigenvalue weighted by Gasteiger charge is -2.33. The molecule has 0 unspecified atom stereocenters. The van der Waals surface area contributed by atoms with Crippen molar-refractivity contribution in [1.82, 2.24) is 4.90 Å². The van der Waals surface area contributed by atoms with Crippen molar-refractivity contribution in [2.24, 2.45) is 0 Å². The monoisotopic (exact) mass is 368 g/mol. The number of esters is 1. The second-order valence-electron chi connectivity index (χ2n) is 6.47. The highest BCUT2D eigenvalue weighted by Gasteiger charge is 2.29. The molecule has 146 valence electrons. The zero-order valence-corrected chi connectivity index (χ0v) is 16.8. The predicted molar refractivity (Wildman–Crippen MR) is 112 cm³/mol. The van der Waals surface area contributed by atoms with Gasteiger partial charge in [-0.2, -0.15) is 0 Å². The summed E-state index contributed by atoms with van der Waals surface area (Å²) in [6, 6.07) is 19.6. The first-order valence-corrected chi connectivity index (χ1v) is 9.96. The normalized spacial score (nSPS) is 12.0. The van der Waals surface area contributed by atoms with E-state index in [0.717, 1.165) is 43.9 Å². The maximum absolute atomic E-state index is 12.9. The SMILES string of the molecule is CCOC(=O)[C@H](c1ccccc1)N(CCCN(CC)CC)c1ccccc1. The fourth-order valence-corrected chi connectivity index (χ4v) is 3.33. The first-order valence-electron chi connectivity index (χ1n) is 9.96. The first kappa shape index (κ1) is 21.0. The summed E-state index contributed by atoms with van der Waals surface area (Å²) in [5.41, 5.74) is 2.00. The molecular formula is C23H32N2O2. The van der Waals surface area contributed by atoms with Gasteiger partial charge in [-0.3, -0.25) is 0 Å². The van der Waals surface area contributed by atoms with Gasteiger partial charge in [0.2, 0.25) is 0 Å². The third kappa shape index (κ3) is 6.10.